The molecule has 0 spiro atoms. The summed E-state index contributed by atoms with van der Waals surface area (Å²) >= 11 is 0. The highest BCUT2D eigenvalue weighted by molar-refractivity contribution is 5.72. The van der Waals surface area contributed by atoms with Crippen molar-refractivity contribution in [3.8, 4) is 0 Å². The van der Waals surface area contributed by atoms with Crippen LogP contribution in [0.5, 0.6) is 0 Å². The van der Waals surface area contributed by atoms with E-state index >= 15 is 0 Å². The van der Waals surface area contributed by atoms with Crippen molar-refractivity contribution < 1.29 is 63.3 Å². The van der Waals surface area contributed by atoms with Crippen molar-refractivity contribution in [2.24, 2.45) is 5.92 Å². The van der Waals surface area contributed by atoms with Crippen LogP contribution >= 0.6 is 0 Å². The van der Waals surface area contributed by atoms with E-state index < -0.39 is 66.4 Å². The van der Waals surface area contributed by atoms with E-state index in [0.29, 0.717) is 6.92 Å². The van der Waals surface area contributed by atoms with E-state index in [4.69, 9.17) is 0 Å². The minimum atomic E-state index is -6.65. The third-order valence-electron chi connectivity index (χ3n) is 5.05. The van der Waals surface area contributed by atoms with Gasteiger partial charge in [-0.2, -0.15) is 43.9 Å². The van der Waals surface area contributed by atoms with Crippen molar-refractivity contribution >= 4 is 5.97 Å². The van der Waals surface area contributed by atoms with Gasteiger partial charge in [0.25, 0.3) is 0 Å². The molecule has 0 aromatic rings. The number of carbonyl (C=O) groups excluding carboxylic acids is 1. The maximum absolute atomic E-state index is 14.7. The number of ether oxygens (including phenoxy) is 2. The van der Waals surface area contributed by atoms with Crippen molar-refractivity contribution in [3.05, 3.63) is 0 Å². The molecule has 0 aliphatic carbocycles. The van der Waals surface area contributed by atoms with Crippen molar-refractivity contribution in [2.45, 2.75) is 81.7 Å². The molecule has 172 valence electrons. The van der Waals surface area contributed by atoms with Crippen molar-refractivity contribution in [2.75, 3.05) is 0 Å². The standard InChI is InChI=1S/C15H18F10O4/c1-5-7(3)8(26)28-13(15(23,24)25)12(18,19)9(4,27)11(16,17)10(6-2,29-13)14(20,21)22/h7,27H,5-6H2,1-4H3. The lowest BCUT2D eigenvalue weighted by Crippen LogP contribution is -2.87. The van der Waals surface area contributed by atoms with Gasteiger partial charge in [-0.05, 0) is 19.8 Å². The summed E-state index contributed by atoms with van der Waals surface area (Å²) in [7, 11) is 0. The molecule has 4 atom stereocenters. The largest absolute Gasteiger partial charge is 0.462 e. The Morgan fingerprint density at radius 3 is 1.76 bits per heavy atom. The molecule has 0 bridgehead atoms. The molecule has 0 saturated carbocycles. The van der Waals surface area contributed by atoms with Gasteiger partial charge in [-0.25, -0.2) is 0 Å². The molecule has 0 radical (unpaired) electrons. The average Bonchev–Trinajstić information content (AvgIpc) is 2.53. The summed E-state index contributed by atoms with van der Waals surface area (Å²) in [5, 5.41) is 9.70. The van der Waals surface area contributed by atoms with Gasteiger partial charge >= 0.3 is 36.0 Å². The number of esters is 1. The Bertz CT molecular complexity index is 642. The molecule has 1 aliphatic heterocycles. The zero-order valence-corrected chi connectivity index (χ0v) is 15.4. The van der Waals surface area contributed by atoms with Gasteiger partial charge in [-0.15, -0.1) is 0 Å². The number of halogens is 10. The quantitative estimate of drug-likeness (QED) is 0.501. The van der Waals surface area contributed by atoms with Crippen LogP contribution in [0.1, 0.15) is 40.5 Å². The van der Waals surface area contributed by atoms with Crippen LogP contribution in [-0.2, 0) is 14.3 Å². The van der Waals surface area contributed by atoms with Crippen molar-refractivity contribution in [1.82, 2.24) is 0 Å². The summed E-state index contributed by atoms with van der Waals surface area (Å²) in [4.78, 5) is 11.8. The Morgan fingerprint density at radius 1 is 1.00 bits per heavy atom. The molecule has 1 heterocycles. The average molecular weight is 452 g/mol. The molecule has 1 aliphatic rings. The van der Waals surface area contributed by atoms with E-state index in [9.17, 15) is 53.8 Å². The fourth-order valence-electron chi connectivity index (χ4n) is 2.80. The highest BCUT2D eigenvalue weighted by atomic mass is 19.4. The molecular formula is C15H18F10O4. The van der Waals surface area contributed by atoms with Crippen LogP contribution in [0, 0.1) is 5.92 Å². The van der Waals surface area contributed by atoms with Gasteiger partial charge in [0.15, 0.2) is 5.60 Å². The molecule has 1 fully saturated rings. The van der Waals surface area contributed by atoms with Gasteiger partial charge < -0.3 is 14.6 Å². The Morgan fingerprint density at radius 2 is 1.45 bits per heavy atom. The van der Waals surface area contributed by atoms with Gasteiger partial charge in [-0.1, -0.05) is 20.8 Å². The van der Waals surface area contributed by atoms with Crippen LogP contribution in [0.4, 0.5) is 43.9 Å². The molecule has 29 heavy (non-hydrogen) atoms. The van der Waals surface area contributed by atoms with Crippen LogP contribution in [0.2, 0.25) is 0 Å². The lowest BCUT2D eigenvalue weighted by atomic mass is 9.71. The van der Waals surface area contributed by atoms with Crippen LogP contribution in [0.3, 0.4) is 0 Å². The van der Waals surface area contributed by atoms with Crippen LogP contribution in [0.15, 0.2) is 0 Å². The van der Waals surface area contributed by atoms with E-state index in [1.54, 1.807) is 0 Å². The number of alkyl halides is 10. The second kappa shape index (κ2) is 6.86. The normalized spacial score (nSPS) is 35.8. The Hall–Kier alpha value is -1.31. The van der Waals surface area contributed by atoms with Crippen LogP contribution < -0.4 is 0 Å². The smallest absolute Gasteiger partial charge is 0.418 e. The van der Waals surface area contributed by atoms with Gasteiger partial charge in [0.2, 0.25) is 5.60 Å². The topological polar surface area (TPSA) is 55.8 Å². The maximum Gasteiger partial charge on any atom is 0.462 e. The molecule has 0 amide bonds. The number of carbonyl (C=O) groups is 1. The summed E-state index contributed by atoms with van der Waals surface area (Å²) in [5.74, 6) is -21.7. The van der Waals surface area contributed by atoms with Gasteiger partial charge in [0.1, 0.15) is 0 Å². The molecule has 1 rings (SSSR count). The molecule has 14 heteroatoms. The highest BCUT2D eigenvalue weighted by Gasteiger charge is 2.95. The predicted molar refractivity (Wildman–Crippen MR) is 75.0 cm³/mol. The molecule has 4 nitrogen and oxygen atoms in total. The lowest BCUT2D eigenvalue weighted by molar-refractivity contribution is -0.555. The summed E-state index contributed by atoms with van der Waals surface area (Å²) in [6.45, 7) is 1.79. The van der Waals surface area contributed by atoms with Crippen LogP contribution in [0.25, 0.3) is 0 Å². The van der Waals surface area contributed by atoms with E-state index in [-0.39, 0.29) is 6.42 Å². The highest BCUT2D eigenvalue weighted by Crippen LogP contribution is 2.66. The van der Waals surface area contributed by atoms with Crippen LogP contribution in [-0.4, -0.2) is 52.3 Å². The minimum absolute atomic E-state index is 0.289. The molecule has 1 saturated heterocycles. The summed E-state index contributed by atoms with van der Waals surface area (Å²) in [6.07, 6.45) is -15.3. The molecular weight excluding hydrogens is 434 g/mol. The van der Waals surface area contributed by atoms with E-state index in [1.165, 1.54) is 6.92 Å². The monoisotopic (exact) mass is 452 g/mol. The third-order valence-corrected chi connectivity index (χ3v) is 5.05. The SMILES string of the molecule is CCC(C)C(=O)OC1(C(F)(F)F)OC(CC)(C(F)(F)F)C(F)(F)C(C)(O)C1(F)F. The summed E-state index contributed by atoms with van der Waals surface area (Å²) in [5.41, 5.74) is -10.5. The zero-order valence-electron chi connectivity index (χ0n) is 15.4. The first-order valence-electron chi connectivity index (χ1n) is 8.18. The maximum atomic E-state index is 14.7. The second-order valence-electron chi connectivity index (χ2n) is 6.85. The van der Waals surface area contributed by atoms with E-state index in [2.05, 4.69) is 9.47 Å². The Balaban J connectivity index is 4.00. The Labute approximate surface area is 158 Å². The number of hydrogen-bond donors (Lipinski definition) is 1. The minimum Gasteiger partial charge on any atom is -0.418 e. The molecule has 0 aromatic heterocycles. The van der Waals surface area contributed by atoms with E-state index in [1.807, 2.05) is 0 Å². The first-order chi connectivity index (χ1) is 12.6. The first-order valence-corrected chi connectivity index (χ1v) is 8.18. The molecule has 4 unspecified atom stereocenters. The summed E-state index contributed by atoms with van der Waals surface area (Å²) in [6, 6.07) is 0. The number of rotatable bonds is 4. The fraction of sp³-hybridized carbons (Fsp3) is 0.933. The summed E-state index contributed by atoms with van der Waals surface area (Å²) < 4.78 is 147. The fourth-order valence-corrected chi connectivity index (χ4v) is 2.80. The van der Waals surface area contributed by atoms with Gasteiger partial charge in [0.05, 0.1) is 5.92 Å². The van der Waals surface area contributed by atoms with Crippen molar-refractivity contribution in [3.63, 3.8) is 0 Å². The molecule has 0 aromatic carbocycles. The van der Waals surface area contributed by atoms with Crippen molar-refractivity contribution in [1.29, 1.82) is 0 Å². The van der Waals surface area contributed by atoms with Gasteiger partial charge in [-0.3, -0.25) is 4.79 Å². The molecule has 1 N–H and O–H groups in total. The first kappa shape index (κ1) is 25.7. The van der Waals surface area contributed by atoms with Gasteiger partial charge in [0, 0.05) is 0 Å². The van der Waals surface area contributed by atoms with E-state index in [0.717, 1.165) is 6.92 Å². The predicted octanol–water partition coefficient (Wildman–Crippen LogP) is 4.60. The third kappa shape index (κ3) is 3.08. The lowest BCUT2D eigenvalue weighted by Gasteiger charge is -2.59. The number of hydrogen-bond acceptors (Lipinski definition) is 4. The second-order valence-corrected chi connectivity index (χ2v) is 6.85. The Kier molecular flexibility index (Phi) is 6.08. The number of aliphatic hydroxyl groups is 1. The zero-order chi connectivity index (χ0) is 23.5.